The number of nitrogens with one attached hydrogen (secondary N) is 3. The molecule has 2 atom stereocenters. The molecule has 5 N–H and O–H groups in total. The summed E-state index contributed by atoms with van der Waals surface area (Å²) in [6.07, 6.45) is 1.14. The Kier molecular flexibility index (Phi) is 10.0. The molecule has 0 aliphatic carbocycles. The molecular weight excluding hydrogens is 622 g/mol. The predicted octanol–water partition coefficient (Wildman–Crippen LogP) is 6.04. The molecule has 0 spiro atoms. The Morgan fingerprint density at radius 2 is 1.27 bits per heavy atom. The molecule has 0 saturated heterocycles. The van der Waals surface area contributed by atoms with Crippen molar-refractivity contribution >= 4 is 39.6 Å². The van der Waals surface area contributed by atoms with Crippen molar-refractivity contribution in [3.8, 4) is 11.5 Å². The third kappa shape index (κ3) is 8.55. The minimum absolute atomic E-state index is 0.0169. The van der Waals surface area contributed by atoms with Crippen LogP contribution < -0.4 is 10.6 Å². The molecule has 0 aliphatic heterocycles. The van der Waals surface area contributed by atoms with E-state index in [1.54, 1.807) is 30.5 Å². The number of phenols is 2. The Labute approximate surface area is 282 Å². The molecule has 0 aliphatic rings. The van der Waals surface area contributed by atoms with Crippen molar-refractivity contribution in [1.82, 2.24) is 15.6 Å². The highest BCUT2D eigenvalue weighted by molar-refractivity contribution is 5.91. The molecular formula is C39H35N3O7. The molecule has 0 radical (unpaired) electrons. The summed E-state index contributed by atoms with van der Waals surface area (Å²) in [6, 6.07) is 31.5. The van der Waals surface area contributed by atoms with Crippen LogP contribution in [0, 0.1) is 0 Å². The van der Waals surface area contributed by atoms with Crippen LogP contribution in [-0.4, -0.2) is 45.3 Å². The number of carbonyl (C=O) groups is 3. The second-order valence-corrected chi connectivity index (χ2v) is 11.7. The average Bonchev–Trinajstić information content (AvgIpc) is 3.53. The van der Waals surface area contributed by atoms with Gasteiger partial charge in [0.1, 0.15) is 36.8 Å². The van der Waals surface area contributed by atoms with Crippen LogP contribution in [0.25, 0.3) is 21.7 Å². The number of esters is 1. The highest BCUT2D eigenvalue weighted by Crippen LogP contribution is 2.21. The first-order valence-electron chi connectivity index (χ1n) is 15.8. The van der Waals surface area contributed by atoms with E-state index >= 15 is 0 Å². The van der Waals surface area contributed by atoms with E-state index in [-0.39, 0.29) is 37.6 Å². The Bertz CT molecular complexity index is 2070. The molecule has 0 unspecified atom stereocenters. The SMILES string of the molecule is O=C(N[C@@H](Cc1ccc(O)cc1)C(=O)N[C@@H](Cc1c[nH]c2ccccc12)C(=O)OCc1ccc(O)cc1)OCc1ccc2ccccc2c1. The van der Waals surface area contributed by atoms with Gasteiger partial charge in [-0.1, -0.05) is 78.9 Å². The molecule has 0 fully saturated rings. The Balaban J connectivity index is 1.19. The standard InChI is InChI=1S/C39H35N3O7/c43-31-15-10-25(11-16-31)20-35(42-39(47)49-24-27-9-14-28-5-1-2-6-29(28)19-27)37(45)41-36(21-30-22-40-34-8-4-3-7-33(30)34)38(46)48-23-26-12-17-32(44)18-13-26/h1-19,22,35-36,40,43-44H,20-21,23-24H2,(H,41,45)(H,42,47)/t35-,36-/m0/s1. The van der Waals surface area contributed by atoms with Crippen molar-refractivity contribution in [2.75, 3.05) is 0 Å². The van der Waals surface area contributed by atoms with Crippen molar-refractivity contribution in [3.05, 3.63) is 144 Å². The van der Waals surface area contributed by atoms with Gasteiger partial charge < -0.3 is 35.3 Å². The smallest absolute Gasteiger partial charge is 0.408 e. The number of rotatable bonds is 12. The van der Waals surface area contributed by atoms with Crippen LogP contribution in [0.15, 0.2) is 121 Å². The van der Waals surface area contributed by atoms with Gasteiger partial charge in [-0.2, -0.15) is 0 Å². The number of alkyl carbamates (subject to hydrolysis) is 1. The third-order valence-electron chi connectivity index (χ3n) is 8.19. The lowest BCUT2D eigenvalue weighted by molar-refractivity contribution is -0.149. The lowest BCUT2D eigenvalue weighted by atomic mass is 10.0. The summed E-state index contributed by atoms with van der Waals surface area (Å²) in [7, 11) is 0. The molecule has 5 aromatic carbocycles. The first-order valence-corrected chi connectivity index (χ1v) is 15.8. The fourth-order valence-corrected chi connectivity index (χ4v) is 5.57. The van der Waals surface area contributed by atoms with E-state index < -0.39 is 30.1 Å². The van der Waals surface area contributed by atoms with Crippen LogP contribution in [0.2, 0.25) is 0 Å². The molecule has 49 heavy (non-hydrogen) atoms. The maximum atomic E-state index is 13.9. The second kappa shape index (κ2) is 15.1. The molecule has 6 rings (SSSR count). The van der Waals surface area contributed by atoms with Crippen LogP contribution in [0.3, 0.4) is 0 Å². The maximum Gasteiger partial charge on any atom is 0.408 e. The first kappa shape index (κ1) is 32.6. The van der Waals surface area contributed by atoms with Crippen molar-refractivity contribution < 1.29 is 34.1 Å². The molecule has 6 aromatic rings. The second-order valence-electron chi connectivity index (χ2n) is 11.7. The summed E-state index contributed by atoms with van der Waals surface area (Å²) < 4.78 is 11.1. The molecule has 10 nitrogen and oxygen atoms in total. The number of para-hydroxylation sites is 1. The average molecular weight is 658 g/mol. The first-order chi connectivity index (χ1) is 23.8. The fraction of sp³-hybridized carbons (Fsp3) is 0.154. The van der Waals surface area contributed by atoms with Crippen LogP contribution in [0.1, 0.15) is 22.3 Å². The van der Waals surface area contributed by atoms with Crippen molar-refractivity contribution in [2.45, 2.75) is 38.1 Å². The van der Waals surface area contributed by atoms with Gasteiger partial charge in [-0.15, -0.1) is 0 Å². The largest absolute Gasteiger partial charge is 0.508 e. The number of fused-ring (bicyclic) bond motifs is 2. The van der Waals surface area contributed by atoms with Crippen LogP contribution in [-0.2, 0) is 45.1 Å². The quantitative estimate of drug-likeness (QED) is 0.101. The normalized spacial score (nSPS) is 12.2. The number of aromatic hydroxyl groups is 2. The number of phenolic OH excluding ortho intramolecular Hbond substituents is 2. The minimum Gasteiger partial charge on any atom is -0.508 e. The minimum atomic E-state index is -1.14. The van der Waals surface area contributed by atoms with Gasteiger partial charge in [-0.05, 0) is 69.4 Å². The van der Waals surface area contributed by atoms with E-state index in [2.05, 4.69) is 15.6 Å². The number of carbonyl (C=O) groups excluding carboxylic acids is 3. The number of aromatic amines is 1. The number of amides is 2. The van der Waals surface area contributed by atoms with Crippen molar-refractivity contribution in [3.63, 3.8) is 0 Å². The lowest BCUT2D eigenvalue weighted by Gasteiger charge is -2.23. The van der Waals surface area contributed by atoms with Gasteiger partial charge in [-0.25, -0.2) is 9.59 Å². The van der Waals surface area contributed by atoms with Crippen molar-refractivity contribution in [1.29, 1.82) is 0 Å². The van der Waals surface area contributed by atoms with Gasteiger partial charge in [0.15, 0.2) is 0 Å². The van der Waals surface area contributed by atoms with E-state index in [0.717, 1.165) is 32.8 Å². The number of benzene rings is 5. The van der Waals surface area contributed by atoms with Gasteiger partial charge in [-0.3, -0.25) is 4.79 Å². The van der Waals surface area contributed by atoms with Crippen molar-refractivity contribution in [2.24, 2.45) is 0 Å². The Morgan fingerprint density at radius 3 is 2.02 bits per heavy atom. The molecule has 0 bridgehead atoms. The fourth-order valence-electron chi connectivity index (χ4n) is 5.57. The molecule has 248 valence electrons. The predicted molar refractivity (Wildman–Crippen MR) is 185 cm³/mol. The monoisotopic (exact) mass is 657 g/mol. The number of hydrogen-bond donors (Lipinski definition) is 5. The van der Waals surface area contributed by atoms with E-state index in [9.17, 15) is 24.6 Å². The van der Waals surface area contributed by atoms with E-state index in [4.69, 9.17) is 9.47 Å². The Hall–Kier alpha value is -6.29. The van der Waals surface area contributed by atoms with Gasteiger partial charge in [0.2, 0.25) is 5.91 Å². The zero-order valence-electron chi connectivity index (χ0n) is 26.5. The molecule has 1 heterocycles. The number of hydrogen-bond acceptors (Lipinski definition) is 7. The maximum absolute atomic E-state index is 13.9. The summed E-state index contributed by atoms with van der Waals surface area (Å²) in [4.78, 5) is 43.7. The van der Waals surface area contributed by atoms with E-state index in [1.165, 1.54) is 24.3 Å². The number of aromatic nitrogens is 1. The van der Waals surface area contributed by atoms with Crippen LogP contribution in [0.5, 0.6) is 11.5 Å². The summed E-state index contributed by atoms with van der Waals surface area (Å²) in [5.74, 6) is -1.15. The van der Waals surface area contributed by atoms with Gasteiger partial charge in [0.05, 0.1) is 0 Å². The summed E-state index contributed by atoms with van der Waals surface area (Å²) in [6.45, 7) is -0.0906. The van der Waals surface area contributed by atoms with Crippen LogP contribution >= 0.6 is 0 Å². The molecule has 10 heteroatoms. The zero-order valence-corrected chi connectivity index (χ0v) is 26.5. The van der Waals surface area contributed by atoms with Gasteiger partial charge in [0, 0.05) is 29.9 Å². The topological polar surface area (TPSA) is 150 Å². The highest BCUT2D eigenvalue weighted by atomic mass is 16.5. The zero-order chi connectivity index (χ0) is 34.2. The molecule has 2 amide bonds. The summed E-state index contributed by atoms with van der Waals surface area (Å²) in [5, 5.41) is 27.8. The van der Waals surface area contributed by atoms with E-state index in [0.29, 0.717) is 11.1 Å². The highest BCUT2D eigenvalue weighted by Gasteiger charge is 2.29. The summed E-state index contributed by atoms with van der Waals surface area (Å²) >= 11 is 0. The third-order valence-corrected chi connectivity index (χ3v) is 8.19. The Morgan fingerprint density at radius 1 is 0.633 bits per heavy atom. The van der Waals surface area contributed by atoms with E-state index in [1.807, 2.05) is 66.7 Å². The van der Waals surface area contributed by atoms with Crippen LogP contribution in [0.4, 0.5) is 4.79 Å². The van der Waals surface area contributed by atoms with Gasteiger partial charge in [0.25, 0.3) is 0 Å². The van der Waals surface area contributed by atoms with Gasteiger partial charge >= 0.3 is 12.1 Å². The number of ether oxygens (including phenoxy) is 2. The number of H-pyrrole nitrogens is 1. The summed E-state index contributed by atoms with van der Waals surface area (Å²) in [5.41, 5.74) is 3.77. The lowest BCUT2D eigenvalue weighted by Crippen LogP contribution is -2.53. The molecule has 0 saturated carbocycles. The molecule has 1 aromatic heterocycles.